The molecule has 9 heteroatoms. The van der Waals surface area contributed by atoms with E-state index in [1.165, 1.54) is 12.1 Å². The lowest BCUT2D eigenvalue weighted by molar-refractivity contribution is -0.384. The zero-order chi connectivity index (χ0) is 25.4. The predicted octanol–water partition coefficient (Wildman–Crippen LogP) is 4.99. The molecule has 0 bridgehead atoms. The van der Waals surface area contributed by atoms with E-state index < -0.39 is 22.8 Å². The van der Waals surface area contributed by atoms with E-state index in [1.54, 1.807) is 12.1 Å². The normalized spacial score (nSPS) is 11.4. The van der Waals surface area contributed by atoms with E-state index >= 15 is 0 Å². The maximum Gasteiger partial charge on any atom is 0.307 e. The van der Waals surface area contributed by atoms with E-state index in [2.05, 4.69) is 9.97 Å². The number of hydrogen-bond acceptors (Lipinski definition) is 4. The molecule has 0 aliphatic rings. The largest absolute Gasteiger partial charge is 0.481 e. The van der Waals surface area contributed by atoms with Crippen molar-refractivity contribution in [2.75, 3.05) is 0 Å². The third kappa shape index (κ3) is 4.07. The Morgan fingerprint density at radius 2 is 1.19 bits per heavy atom. The minimum atomic E-state index is -1.01. The summed E-state index contributed by atoms with van der Waals surface area (Å²) >= 11 is 0. The van der Waals surface area contributed by atoms with Crippen LogP contribution in [0.2, 0.25) is 0 Å². The van der Waals surface area contributed by atoms with Crippen molar-refractivity contribution in [2.24, 2.45) is 0 Å². The number of rotatable bonds is 8. The number of nitrogens with one attached hydrogen (secondary N) is 2. The zero-order valence-corrected chi connectivity index (χ0v) is 18.9. The van der Waals surface area contributed by atoms with E-state index in [9.17, 15) is 29.9 Å². The quantitative estimate of drug-likeness (QED) is 0.180. The molecule has 180 valence electrons. The van der Waals surface area contributed by atoms with Crippen molar-refractivity contribution in [3.05, 3.63) is 111 Å². The lowest BCUT2D eigenvalue weighted by Gasteiger charge is -2.19. The van der Waals surface area contributed by atoms with E-state index in [0.29, 0.717) is 28.1 Å². The number of carboxylic acids is 2. The molecule has 0 aliphatic carbocycles. The Morgan fingerprint density at radius 3 is 1.61 bits per heavy atom. The average Bonchev–Trinajstić information content (AvgIpc) is 3.38. The van der Waals surface area contributed by atoms with Crippen molar-refractivity contribution in [1.82, 2.24) is 9.97 Å². The van der Waals surface area contributed by atoms with Crippen molar-refractivity contribution in [3.63, 3.8) is 0 Å². The van der Waals surface area contributed by atoms with E-state index in [0.717, 1.165) is 21.8 Å². The molecule has 0 spiro atoms. The molecule has 2 heterocycles. The molecule has 4 N–H and O–H groups in total. The van der Waals surface area contributed by atoms with Crippen LogP contribution in [0, 0.1) is 10.1 Å². The lowest BCUT2D eigenvalue weighted by atomic mass is 9.86. The van der Waals surface area contributed by atoms with Crippen molar-refractivity contribution >= 4 is 39.4 Å². The number of aliphatic carboxylic acids is 2. The first-order valence-corrected chi connectivity index (χ1v) is 11.2. The van der Waals surface area contributed by atoms with Gasteiger partial charge in [0, 0.05) is 45.3 Å². The highest BCUT2D eigenvalue weighted by Crippen LogP contribution is 2.40. The van der Waals surface area contributed by atoms with Crippen LogP contribution in [0.5, 0.6) is 0 Å². The Bertz CT molecular complexity index is 1540. The molecule has 5 aromatic rings. The van der Waals surface area contributed by atoms with Crippen LogP contribution in [0.15, 0.2) is 72.8 Å². The number of fused-ring (bicyclic) bond motifs is 2. The fourth-order valence-electron chi connectivity index (χ4n) is 4.88. The second kappa shape index (κ2) is 9.03. The number of H-pyrrole nitrogens is 2. The highest BCUT2D eigenvalue weighted by atomic mass is 16.6. The fraction of sp³-hybridized carbons (Fsp3) is 0.111. The van der Waals surface area contributed by atoms with E-state index in [4.69, 9.17) is 0 Å². The van der Waals surface area contributed by atoms with E-state index in [1.807, 2.05) is 48.5 Å². The number of carbonyl (C=O) groups is 2. The summed E-state index contributed by atoms with van der Waals surface area (Å²) in [7, 11) is 0. The zero-order valence-electron chi connectivity index (χ0n) is 18.9. The summed E-state index contributed by atoms with van der Waals surface area (Å²) in [5, 5.41) is 32.2. The van der Waals surface area contributed by atoms with E-state index in [-0.39, 0.29) is 18.5 Å². The summed E-state index contributed by atoms with van der Waals surface area (Å²) in [4.78, 5) is 41.2. The topological polar surface area (TPSA) is 149 Å². The van der Waals surface area contributed by atoms with Gasteiger partial charge in [-0.1, -0.05) is 48.5 Å². The minimum Gasteiger partial charge on any atom is -0.481 e. The predicted molar refractivity (Wildman–Crippen MR) is 133 cm³/mol. The Hall–Kier alpha value is -4.92. The number of hydrogen-bond donors (Lipinski definition) is 4. The number of carboxylic acid groups (broad SMARTS) is 2. The van der Waals surface area contributed by atoms with Gasteiger partial charge in [0.1, 0.15) is 0 Å². The van der Waals surface area contributed by atoms with Crippen LogP contribution in [0.3, 0.4) is 0 Å². The van der Waals surface area contributed by atoms with Crippen LogP contribution in [-0.2, 0) is 22.4 Å². The van der Waals surface area contributed by atoms with Gasteiger partial charge >= 0.3 is 11.9 Å². The molecule has 36 heavy (non-hydrogen) atoms. The van der Waals surface area contributed by atoms with Crippen molar-refractivity contribution in [2.45, 2.75) is 18.8 Å². The molecule has 0 radical (unpaired) electrons. The number of nitrogens with zero attached hydrogens (tertiary/aromatic N) is 1. The monoisotopic (exact) mass is 483 g/mol. The second-order valence-corrected chi connectivity index (χ2v) is 8.55. The molecule has 0 aliphatic heterocycles. The molecular weight excluding hydrogens is 462 g/mol. The average molecular weight is 483 g/mol. The standard InChI is InChI=1S/C27H21N3O6/c31-23(32)13-19-17-5-1-3-7-21(17)28-26(19)25(15-9-11-16(12-10-15)30(35)36)27-20(14-24(33)34)18-6-2-4-8-22(18)29-27/h1-12,25,28-29H,13-14H2,(H,31,32)(H,33,34). The summed E-state index contributed by atoms with van der Waals surface area (Å²) in [6, 6.07) is 20.7. The Labute approximate surface area is 204 Å². The van der Waals surface area contributed by atoms with Crippen molar-refractivity contribution in [3.8, 4) is 0 Å². The summed E-state index contributed by atoms with van der Waals surface area (Å²) in [6.45, 7) is 0. The molecule has 3 aromatic carbocycles. The Kier molecular flexibility index (Phi) is 5.73. The number of non-ortho nitro benzene ring substituents is 1. The third-order valence-electron chi connectivity index (χ3n) is 6.36. The molecule has 0 amide bonds. The lowest BCUT2D eigenvalue weighted by Crippen LogP contribution is -2.13. The van der Waals surface area contributed by atoms with Gasteiger partial charge in [-0.2, -0.15) is 0 Å². The highest BCUT2D eigenvalue weighted by molar-refractivity contribution is 5.91. The van der Waals surface area contributed by atoms with Gasteiger partial charge in [-0.25, -0.2) is 0 Å². The number of aromatic amines is 2. The molecule has 2 aromatic heterocycles. The maximum atomic E-state index is 11.9. The summed E-state index contributed by atoms with van der Waals surface area (Å²) in [5.41, 5.74) is 4.37. The number of aromatic nitrogens is 2. The molecule has 0 unspecified atom stereocenters. The van der Waals surface area contributed by atoms with Crippen LogP contribution in [-0.4, -0.2) is 37.0 Å². The minimum absolute atomic E-state index is 0.0812. The Morgan fingerprint density at radius 1 is 0.750 bits per heavy atom. The number of para-hydroxylation sites is 2. The van der Waals surface area contributed by atoms with Gasteiger partial charge in [-0.3, -0.25) is 19.7 Å². The molecule has 0 fully saturated rings. The molecule has 0 saturated carbocycles. The highest BCUT2D eigenvalue weighted by Gasteiger charge is 2.29. The Balaban J connectivity index is 1.83. The van der Waals surface area contributed by atoms with Gasteiger partial charge in [0.25, 0.3) is 5.69 Å². The van der Waals surface area contributed by atoms with Crippen LogP contribution < -0.4 is 0 Å². The fourth-order valence-corrected chi connectivity index (χ4v) is 4.88. The van der Waals surface area contributed by atoms with Crippen LogP contribution in [0.25, 0.3) is 21.8 Å². The number of nitro groups is 1. The van der Waals surface area contributed by atoms with Gasteiger partial charge < -0.3 is 20.2 Å². The van der Waals surface area contributed by atoms with Crippen LogP contribution >= 0.6 is 0 Å². The summed E-state index contributed by atoms with van der Waals surface area (Å²) in [6.07, 6.45) is -0.505. The van der Waals surface area contributed by atoms with Crippen LogP contribution in [0.1, 0.15) is 34.0 Å². The van der Waals surface area contributed by atoms with Gasteiger partial charge in [0.15, 0.2) is 0 Å². The smallest absolute Gasteiger partial charge is 0.307 e. The van der Waals surface area contributed by atoms with Crippen molar-refractivity contribution < 1.29 is 24.7 Å². The van der Waals surface area contributed by atoms with Gasteiger partial charge in [-0.05, 0) is 28.8 Å². The third-order valence-corrected chi connectivity index (χ3v) is 6.36. The molecular formula is C27H21N3O6. The molecule has 0 atom stereocenters. The number of nitro benzene ring substituents is 1. The van der Waals surface area contributed by atoms with Crippen LogP contribution in [0.4, 0.5) is 5.69 Å². The van der Waals surface area contributed by atoms with Gasteiger partial charge in [0.2, 0.25) is 0 Å². The SMILES string of the molecule is O=C(O)Cc1c(C(c2ccc([N+](=O)[O-])cc2)c2[nH]c3ccccc3c2CC(=O)O)[nH]c2ccccc12. The summed E-state index contributed by atoms with van der Waals surface area (Å²) < 4.78 is 0. The molecule has 9 nitrogen and oxygen atoms in total. The number of benzene rings is 3. The molecule has 0 saturated heterocycles. The first-order chi connectivity index (χ1) is 17.3. The molecule has 5 rings (SSSR count). The van der Waals surface area contributed by atoms with Crippen molar-refractivity contribution in [1.29, 1.82) is 0 Å². The second-order valence-electron chi connectivity index (χ2n) is 8.55. The van der Waals surface area contributed by atoms with Gasteiger partial charge in [0.05, 0.1) is 23.7 Å². The summed E-state index contributed by atoms with van der Waals surface area (Å²) in [5.74, 6) is -2.65. The van der Waals surface area contributed by atoms with Gasteiger partial charge in [-0.15, -0.1) is 0 Å². The maximum absolute atomic E-state index is 11.9. The first kappa shape index (κ1) is 22.9. The first-order valence-electron chi connectivity index (χ1n) is 11.2.